The number of phenols is 1. The zero-order valence-electron chi connectivity index (χ0n) is 13.9. The molecule has 0 fully saturated rings. The van der Waals surface area contributed by atoms with Crippen molar-refractivity contribution >= 4 is 33.1 Å². The highest BCUT2D eigenvalue weighted by Gasteiger charge is 2.15. The fourth-order valence-electron chi connectivity index (χ4n) is 2.99. The first-order valence-electron chi connectivity index (χ1n) is 7.98. The molecule has 4 aromatic rings. The van der Waals surface area contributed by atoms with Crippen LogP contribution in [-0.4, -0.2) is 15.1 Å². The lowest BCUT2D eigenvalue weighted by atomic mass is 9.99. The number of para-hydroxylation sites is 2. The van der Waals surface area contributed by atoms with Crippen molar-refractivity contribution in [1.29, 1.82) is 0 Å². The van der Waals surface area contributed by atoms with Gasteiger partial charge in [0.2, 0.25) is 0 Å². The first kappa shape index (κ1) is 15.6. The number of hydrogen-bond donors (Lipinski definition) is 2. The van der Waals surface area contributed by atoms with Gasteiger partial charge in [-0.3, -0.25) is 0 Å². The molecule has 0 radical (unpaired) electrons. The molecule has 4 nitrogen and oxygen atoms in total. The number of anilines is 2. The Morgan fingerprint density at radius 1 is 1.00 bits per heavy atom. The van der Waals surface area contributed by atoms with E-state index < -0.39 is 0 Å². The van der Waals surface area contributed by atoms with Gasteiger partial charge in [0, 0.05) is 10.9 Å². The summed E-state index contributed by atoms with van der Waals surface area (Å²) in [5.74, 6) is 0.889. The summed E-state index contributed by atoms with van der Waals surface area (Å²) in [6.07, 6.45) is 1.55. The van der Waals surface area contributed by atoms with Gasteiger partial charge < -0.3 is 10.4 Å². The normalized spacial score (nSPS) is 11.0. The standard InChI is InChI=1S/C20H17N3OS/c1-12-7-8-14(13(2)9-12)15-10-25-20-18(15)19(21-11-22-20)23-16-5-3-4-6-17(16)24/h3-11,24H,1-2H3,(H,21,22,23). The molecule has 0 aliphatic heterocycles. The predicted octanol–water partition coefficient (Wildman–Crippen LogP) is 5.42. The van der Waals surface area contributed by atoms with Crippen LogP contribution < -0.4 is 5.32 Å². The van der Waals surface area contributed by atoms with E-state index in [0.717, 1.165) is 15.8 Å². The van der Waals surface area contributed by atoms with Gasteiger partial charge in [-0.15, -0.1) is 11.3 Å². The summed E-state index contributed by atoms with van der Waals surface area (Å²) in [6, 6.07) is 13.6. The van der Waals surface area contributed by atoms with Gasteiger partial charge in [0.05, 0.1) is 11.1 Å². The molecule has 25 heavy (non-hydrogen) atoms. The number of benzene rings is 2. The molecule has 0 saturated heterocycles. The lowest BCUT2D eigenvalue weighted by molar-refractivity contribution is 0.478. The van der Waals surface area contributed by atoms with Crippen molar-refractivity contribution in [2.24, 2.45) is 0 Å². The highest BCUT2D eigenvalue weighted by atomic mass is 32.1. The number of aryl methyl sites for hydroxylation is 2. The van der Waals surface area contributed by atoms with Crippen molar-refractivity contribution in [3.05, 3.63) is 65.3 Å². The molecule has 2 heterocycles. The van der Waals surface area contributed by atoms with E-state index in [-0.39, 0.29) is 5.75 Å². The number of nitrogens with zero attached hydrogens (tertiary/aromatic N) is 2. The minimum Gasteiger partial charge on any atom is -0.506 e. The summed E-state index contributed by atoms with van der Waals surface area (Å²) >= 11 is 1.60. The number of aromatic nitrogens is 2. The molecule has 0 aliphatic rings. The Labute approximate surface area is 149 Å². The van der Waals surface area contributed by atoms with E-state index in [1.54, 1.807) is 29.8 Å². The van der Waals surface area contributed by atoms with E-state index in [4.69, 9.17) is 0 Å². The third kappa shape index (κ3) is 2.83. The second kappa shape index (κ2) is 6.18. The van der Waals surface area contributed by atoms with Gasteiger partial charge in [0.1, 0.15) is 22.7 Å². The van der Waals surface area contributed by atoms with Crippen molar-refractivity contribution in [3.8, 4) is 16.9 Å². The quantitative estimate of drug-likeness (QED) is 0.486. The number of aromatic hydroxyl groups is 1. The van der Waals surface area contributed by atoms with E-state index in [0.29, 0.717) is 11.5 Å². The summed E-state index contributed by atoms with van der Waals surface area (Å²) < 4.78 is 0. The molecule has 5 heteroatoms. The molecule has 2 N–H and O–H groups in total. The maximum Gasteiger partial charge on any atom is 0.143 e. The molecule has 0 unspecified atom stereocenters. The Hall–Kier alpha value is -2.92. The zero-order chi connectivity index (χ0) is 17.4. The summed E-state index contributed by atoms with van der Waals surface area (Å²) in [5.41, 5.74) is 5.37. The topological polar surface area (TPSA) is 58.0 Å². The molecular formula is C20H17N3OS. The Morgan fingerprint density at radius 3 is 2.64 bits per heavy atom. The van der Waals surface area contributed by atoms with Crippen molar-refractivity contribution in [2.45, 2.75) is 13.8 Å². The second-order valence-corrected chi connectivity index (χ2v) is 6.87. The zero-order valence-corrected chi connectivity index (χ0v) is 14.8. The molecule has 2 aromatic carbocycles. The monoisotopic (exact) mass is 347 g/mol. The number of fused-ring (bicyclic) bond motifs is 1. The van der Waals surface area contributed by atoms with Crippen LogP contribution in [0.2, 0.25) is 0 Å². The maximum absolute atomic E-state index is 10.1. The van der Waals surface area contributed by atoms with Crippen LogP contribution >= 0.6 is 11.3 Å². The molecule has 124 valence electrons. The van der Waals surface area contributed by atoms with Gasteiger partial charge >= 0.3 is 0 Å². The van der Waals surface area contributed by atoms with Crippen molar-refractivity contribution < 1.29 is 5.11 Å². The lowest BCUT2D eigenvalue weighted by Gasteiger charge is -2.11. The summed E-state index contributed by atoms with van der Waals surface area (Å²) in [6.45, 7) is 4.21. The van der Waals surface area contributed by atoms with Gasteiger partial charge in [-0.2, -0.15) is 0 Å². The third-order valence-corrected chi connectivity index (χ3v) is 5.09. The molecule has 0 amide bonds. The van der Waals surface area contributed by atoms with Crippen LogP contribution in [0.5, 0.6) is 5.75 Å². The van der Waals surface area contributed by atoms with E-state index in [2.05, 4.69) is 52.7 Å². The average molecular weight is 347 g/mol. The Kier molecular flexibility index (Phi) is 3.86. The molecule has 0 bridgehead atoms. The molecule has 2 aromatic heterocycles. The number of hydrogen-bond acceptors (Lipinski definition) is 5. The van der Waals surface area contributed by atoms with E-state index >= 15 is 0 Å². The molecule has 0 spiro atoms. The number of phenolic OH excluding ortho intramolecular Hbond substituents is 1. The summed E-state index contributed by atoms with van der Waals surface area (Å²) in [5, 5.41) is 16.4. The Bertz CT molecular complexity index is 1070. The van der Waals surface area contributed by atoms with Crippen molar-refractivity contribution in [2.75, 3.05) is 5.32 Å². The first-order chi connectivity index (χ1) is 12.1. The Morgan fingerprint density at radius 2 is 1.84 bits per heavy atom. The van der Waals surface area contributed by atoms with Crippen LogP contribution in [0.4, 0.5) is 11.5 Å². The minimum absolute atomic E-state index is 0.192. The third-order valence-electron chi connectivity index (χ3n) is 4.20. The van der Waals surface area contributed by atoms with Crippen LogP contribution in [0.15, 0.2) is 54.2 Å². The second-order valence-electron chi connectivity index (χ2n) is 6.01. The van der Waals surface area contributed by atoms with Crippen LogP contribution in [0.1, 0.15) is 11.1 Å². The molecule has 0 atom stereocenters. The van der Waals surface area contributed by atoms with Crippen LogP contribution in [-0.2, 0) is 0 Å². The fourth-order valence-corrected chi connectivity index (χ4v) is 3.90. The molecule has 0 saturated carbocycles. The van der Waals surface area contributed by atoms with Gasteiger partial charge in [-0.25, -0.2) is 9.97 Å². The van der Waals surface area contributed by atoms with Crippen LogP contribution in [0, 0.1) is 13.8 Å². The van der Waals surface area contributed by atoms with Crippen molar-refractivity contribution in [3.63, 3.8) is 0 Å². The van der Waals surface area contributed by atoms with Gasteiger partial charge in [0.15, 0.2) is 0 Å². The Balaban J connectivity index is 1.89. The van der Waals surface area contributed by atoms with E-state index in [1.807, 2.05) is 12.1 Å². The van der Waals surface area contributed by atoms with E-state index in [9.17, 15) is 5.11 Å². The molecular weight excluding hydrogens is 330 g/mol. The molecule has 4 rings (SSSR count). The van der Waals surface area contributed by atoms with Gasteiger partial charge in [0.25, 0.3) is 0 Å². The van der Waals surface area contributed by atoms with Crippen LogP contribution in [0.25, 0.3) is 21.3 Å². The first-order valence-corrected chi connectivity index (χ1v) is 8.86. The minimum atomic E-state index is 0.192. The largest absolute Gasteiger partial charge is 0.506 e. The lowest BCUT2D eigenvalue weighted by Crippen LogP contribution is -1.96. The van der Waals surface area contributed by atoms with E-state index in [1.165, 1.54) is 16.7 Å². The summed E-state index contributed by atoms with van der Waals surface area (Å²) in [4.78, 5) is 9.75. The van der Waals surface area contributed by atoms with Crippen LogP contribution in [0.3, 0.4) is 0 Å². The average Bonchev–Trinajstić information content (AvgIpc) is 3.02. The van der Waals surface area contributed by atoms with Gasteiger partial charge in [-0.1, -0.05) is 35.9 Å². The number of thiophene rings is 1. The smallest absolute Gasteiger partial charge is 0.143 e. The highest BCUT2D eigenvalue weighted by Crippen LogP contribution is 2.39. The highest BCUT2D eigenvalue weighted by molar-refractivity contribution is 7.17. The van der Waals surface area contributed by atoms with Gasteiger partial charge in [-0.05, 0) is 37.1 Å². The SMILES string of the molecule is Cc1ccc(-c2csc3ncnc(Nc4ccccc4O)c23)c(C)c1. The number of rotatable bonds is 3. The van der Waals surface area contributed by atoms with Crippen molar-refractivity contribution in [1.82, 2.24) is 9.97 Å². The summed E-state index contributed by atoms with van der Waals surface area (Å²) in [7, 11) is 0. The maximum atomic E-state index is 10.1. The number of nitrogens with one attached hydrogen (secondary N) is 1. The predicted molar refractivity (Wildman–Crippen MR) is 104 cm³/mol. The molecule has 0 aliphatic carbocycles. The fraction of sp³-hybridized carbons (Fsp3) is 0.100.